The van der Waals surface area contributed by atoms with Gasteiger partial charge in [0.15, 0.2) is 0 Å². The van der Waals surface area contributed by atoms with Gasteiger partial charge < -0.3 is 10.2 Å². The summed E-state index contributed by atoms with van der Waals surface area (Å²) in [5, 5.41) is 21.3. The van der Waals surface area contributed by atoms with E-state index in [0.29, 0.717) is 16.9 Å². The van der Waals surface area contributed by atoms with E-state index in [-0.39, 0.29) is 23.4 Å². The SMILES string of the molecule is Cc1[nH]n(-c2ccc(CO)cc2)c(=O)c1C=Nc1ccccc1C(=O)O. The van der Waals surface area contributed by atoms with Crippen molar-refractivity contribution in [2.24, 2.45) is 4.99 Å². The third-order valence-electron chi connectivity index (χ3n) is 3.96. The van der Waals surface area contributed by atoms with E-state index in [1.54, 1.807) is 49.4 Å². The summed E-state index contributed by atoms with van der Waals surface area (Å²) < 4.78 is 1.38. The molecule has 0 fully saturated rings. The second-order valence-electron chi connectivity index (χ2n) is 5.70. The number of hydrogen-bond donors (Lipinski definition) is 3. The molecule has 26 heavy (non-hydrogen) atoms. The third kappa shape index (κ3) is 3.33. The normalized spacial score (nSPS) is 11.2. The second kappa shape index (κ2) is 7.20. The van der Waals surface area contributed by atoms with Gasteiger partial charge in [0.2, 0.25) is 0 Å². The second-order valence-corrected chi connectivity index (χ2v) is 5.70. The highest BCUT2D eigenvalue weighted by Gasteiger charge is 2.12. The Kier molecular flexibility index (Phi) is 4.81. The van der Waals surface area contributed by atoms with Gasteiger partial charge in [-0.15, -0.1) is 0 Å². The number of para-hydroxylation sites is 1. The first-order valence-corrected chi connectivity index (χ1v) is 7.89. The minimum Gasteiger partial charge on any atom is -0.478 e. The maximum absolute atomic E-state index is 12.7. The number of aliphatic imine (C=N–C) groups is 1. The van der Waals surface area contributed by atoms with Crippen molar-refractivity contribution in [2.75, 3.05) is 0 Å². The summed E-state index contributed by atoms with van der Waals surface area (Å²) in [7, 11) is 0. The molecule has 1 heterocycles. The molecule has 0 aliphatic carbocycles. The first-order chi connectivity index (χ1) is 12.5. The van der Waals surface area contributed by atoms with E-state index in [0.717, 1.165) is 5.56 Å². The van der Waals surface area contributed by atoms with Gasteiger partial charge in [-0.05, 0) is 36.8 Å². The molecular weight excluding hydrogens is 334 g/mol. The van der Waals surface area contributed by atoms with Crippen LogP contribution in [0.2, 0.25) is 0 Å². The largest absolute Gasteiger partial charge is 0.478 e. The third-order valence-corrected chi connectivity index (χ3v) is 3.96. The van der Waals surface area contributed by atoms with Crippen LogP contribution in [0.25, 0.3) is 5.69 Å². The molecule has 3 aromatic rings. The standard InChI is InChI=1S/C19H17N3O4/c1-12-16(10-20-17-5-3-2-4-15(17)19(25)26)18(24)22(21-12)14-8-6-13(11-23)7-9-14/h2-10,21,23H,11H2,1H3,(H,25,26). The van der Waals surface area contributed by atoms with Crippen molar-refractivity contribution in [2.45, 2.75) is 13.5 Å². The predicted octanol–water partition coefficient (Wildman–Crippen LogP) is 2.42. The van der Waals surface area contributed by atoms with Crippen LogP contribution in [0.4, 0.5) is 5.69 Å². The van der Waals surface area contributed by atoms with Crippen molar-refractivity contribution in [1.29, 1.82) is 0 Å². The van der Waals surface area contributed by atoms with Crippen molar-refractivity contribution < 1.29 is 15.0 Å². The van der Waals surface area contributed by atoms with Crippen LogP contribution < -0.4 is 5.56 Å². The highest BCUT2D eigenvalue weighted by molar-refractivity contribution is 5.95. The molecule has 0 bridgehead atoms. The Morgan fingerprint density at radius 1 is 1.19 bits per heavy atom. The molecule has 0 unspecified atom stereocenters. The quantitative estimate of drug-likeness (QED) is 0.614. The van der Waals surface area contributed by atoms with E-state index < -0.39 is 5.97 Å². The van der Waals surface area contributed by atoms with Crippen LogP contribution in [0.3, 0.4) is 0 Å². The molecule has 7 heteroatoms. The fourth-order valence-corrected chi connectivity index (χ4v) is 2.54. The molecule has 132 valence electrons. The Bertz CT molecular complexity index is 1030. The molecule has 3 rings (SSSR count). The molecule has 7 nitrogen and oxygen atoms in total. The number of nitrogens with one attached hydrogen (secondary N) is 1. The first kappa shape index (κ1) is 17.4. The topological polar surface area (TPSA) is 108 Å². The lowest BCUT2D eigenvalue weighted by Gasteiger charge is -2.02. The average Bonchev–Trinajstić information content (AvgIpc) is 2.94. The van der Waals surface area contributed by atoms with Crippen LogP contribution in [0, 0.1) is 6.92 Å². The van der Waals surface area contributed by atoms with Gasteiger partial charge in [0.05, 0.1) is 29.1 Å². The van der Waals surface area contributed by atoms with Crippen LogP contribution in [0.5, 0.6) is 0 Å². The van der Waals surface area contributed by atoms with E-state index in [2.05, 4.69) is 10.1 Å². The Morgan fingerprint density at radius 3 is 2.54 bits per heavy atom. The summed E-state index contributed by atoms with van der Waals surface area (Å²) >= 11 is 0. The number of rotatable bonds is 5. The molecule has 0 aliphatic heterocycles. The lowest BCUT2D eigenvalue weighted by molar-refractivity contribution is 0.0698. The number of aromatic nitrogens is 2. The van der Waals surface area contributed by atoms with Crippen LogP contribution in [-0.2, 0) is 6.61 Å². The molecule has 0 atom stereocenters. The van der Waals surface area contributed by atoms with Crippen molar-refractivity contribution in [3.63, 3.8) is 0 Å². The van der Waals surface area contributed by atoms with Gasteiger partial charge in [0.1, 0.15) is 0 Å². The molecule has 0 aliphatic rings. The number of H-pyrrole nitrogens is 1. The number of aliphatic hydroxyl groups excluding tert-OH is 1. The number of carboxylic acid groups (broad SMARTS) is 1. The number of carboxylic acids is 1. The maximum Gasteiger partial charge on any atom is 0.337 e. The van der Waals surface area contributed by atoms with Crippen LogP contribution >= 0.6 is 0 Å². The van der Waals surface area contributed by atoms with E-state index in [4.69, 9.17) is 5.11 Å². The highest BCUT2D eigenvalue weighted by atomic mass is 16.4. The number of benzene rings is 2. The van der Waals surface area contributed by atoms with Crippen molar-refractivity contribution in [3.05, 3.63) is 81.3 Å². The molecule has 0 radical (unpaired) electrons. The zero-order valence-electron chi connectivity index (χ0n) is 14.0. The van der Waals surface area contributed by atoms with E-state index in [1.165, 1.54) is 17.0 Å². The molecule has 3 N–H and O–H groups in total. The summed E-state index contributed by atoms with van der Waals surface area (Å²) in [6.07, 6.45) is 1.37. The van der Waals surface area contributed by atoms with Gasteiger partial charge >= 0.3 is 5.97 Å². The maximum atomic E-state index is 12.7. The van der Waals surface area contributed by atoms with Crippen LogP contribution in [0.15, 0.2) is 58.3 Å². The zero-order valence-corrected chi connectivity index (χ0v) is 14.0. The molecule has 0 saturated carbocycles. The molecule has 1 aromatic heterocycles. The number of aromatic amines is 1. The zero-order chi connectivity index (χ0) is 18.7. The fraction of sp³-hybridized carbons (Fsp3) is 0.105. The Hall–Kier alpha value is -3.45. The Labute approximate surface area is 148 Å². The summed E-state index contributed by atoms with van der Waals surface area (Å²) in [5.41, 5.74) is 2.37. The lowest BCUT2D eigenvalue weighted by atomic mass is 10.2. The predicted molar refractivity (Wildman–Crippen MR) is 97.7 cm³/mol. The minimum absolute atomic E-state index is 0.0665. The van der Waals surface area contributed by atoms with Gasteiger partial charge in [-0.1, -0.05) is 24.3 Å². The van der Waals surface area contributed by atoms with Gasteiger partial charge in [-0.25, -0.2) is 9.48 Å². The number of aryl methyl sites for hydroxylation is 1. The average molecular weight is 351 g/mol. The van der Waals surface area contributed by atoms with E-state index >= 15 is 0 Å². The van der Waals surface area contributed by atoms with Crippen molar-refractivity contribution in [3.8, 4) is 5.69 Å². The minimum atomic E-state index is -1.08. The van der Waals surface area contributed by atoms with Crippen molar-refractivity contribution in [1.82, 2.24) is 9.78 Å². The van der Waals surface area contributed by atoms with Crippen molar-refractivity contribution >= 4 is 17.9 Å². The summed E-state index contributed by atoms with van der Waals surface area (Å²) in [5.74, 6) is -1.08. The van der Waals surface area contributed by atoms with Crippen LogP contribution in [-0.4, -0.2) is 32.2 Å². The highest BCUT2D eigenvalue weighted by Crippen LogP contribution is 2.18. The molecule has 0 saturated heterocycles. The van der Waals surface area contributed by atoms with Gasteiger partial charge in [-0.3, -0.25) is 14.9 Å². The smallest absolute Gasteiger partial charge is 0.337 e. The van der Waals surface area contributed by atoms with Gasteiger partial charge in [0, 0.05) is 11.9 Å². The number of nitrogens with zero attached hydrogens (tertiary/aromatic N) is 2. The van der Waals surface area contributed by atoms with Gasteiger partial charge in [0.25, 0.3) is 5.56 Å². The molecular formula is C19H17N3O4. The van der Waals surface area contributed by atoms with Gasteiger partial charge in [-0.2, -0.15) is 0 Å². The molecule has 0 spiro atoms. The Balaban J connectivity index is 1.99. The lowest BCUT2D eigenvalue weighted by Crippen LogP contribution is -2.17. The summed E-state index contributed by atoms with van der Waals surface area (Å²) in [4.78, 5) is 28.1. The Morgan fingerprint density at radius 2 is 1.88 bits per heavy atom. The monoisotopic (exact) mass is 351 g/mol. The van der Waals surface area contributed by atoms with E-state index in [9.17, 15) is 14.7 Å². The number of hydrogen-bond acceptors (Lipinski definition) is 4. The fourth-order valence-electron chi connectivity index (χ4n) is 2.54. The molecule has 2 aromatic carbocycles. The van der Waals surface area contributed by atoms with E-state index in [1.807, 2.05) is 0 Å². The summed E-state index contributed by atoms with van der Waals surface area (Å²) in [6.45, 7) is 1.67. The van der Waals surface area contributed by atoms with Crippen LogP contribution in [0.1, 0.15) is 27.2 Å². The number of aliphatic hydroxyl groups is 1. The number of carbonyl (C=O) groups is 1. The molecule has 0 amide bonds. The summed E-state index contributed by atoms with van der Waals surface area (Å²) in [6, 6.07) is 13.3. The number of aromatic carboxylic acids is 1. The first-order valence-electron chi connectivity index (χ1n) is 7.89.